The molecular weight excluding hydrogens is 238 g/mol. The number of pyridine rings is 1. The van der Waals surface area contributed by atoms with Crippen LogP contribution < -0.4 is 0 Å². The Labute approximate surface area is 92.3 Å². The molecular formula is C12H12BrN. The first-order valence-corrected chi connectivity index (χ1v) is 5.76. The summed E-state index contributed by atoms with van der Waals surface area (Å²) in [5.74, 6) is 0. The van der Waals surface area contributed by atoms with Crippen LogP contribution in [0.1, 0.15) is 16.8 Å². The van der Waals surface area contributed by atoms with E-state index in [2.05, 4.69) is 52.1 Å². The number of benzene rings is 1. The van der Waals surface area contributed by atoms with Crippen LogP contribution in [0, 0.1) is 13.8 Å². The molecule has 2 aromatic rings. The lowest BCUT2D eigenvalue weighted by molar-refractivity contribution is 1.22. The second-order valence-electron chi connectivity index (χ2n) is 3.53. The largest absolute Gasteiger partial charge is 0.253 e. The first kappa shape index (κ1) is 9.66. The van der Waals surface area contributed by atoms with Crippen molar-refractivity contribution in [3.8, 4) is 0 Å². The fourth-order valence-electron chi connectivity index (χ4n) is 1.72. The maximum Gasteiger partial charge on any atom is 0.0737 e. The Morgan fingerprint density at radius 2 is 2.07 bits per heavy atom. The van der Waals surface area contributed by atoms with Crippen molar-refractivity contribution >= 4 is 26.8 Å². The number of aryl methyl sites for hydroxylation is 2. The van der Waals surface area contributed by atoms with E-state index in [0.29, 0.717) is 0 Å². The van der Waals surface area contributed by atoms with Crippen LogP contribution in [0.5, 0.6) is 0 Å². The van der Waals surface area contributed by atoms with Crippen LogP contribution >= 0.6 is 15.9 Å². The Balaban J connectivity index is 2.87. The first-order chi connectivity index (χ1) is 6.72. The Morgan fingerprint density at radius 3 is 2.79 bits per heavy atom. The van der Waals surface area contributed by atoms with Gasteiger partial charge in [0, 0.05) is 16.4 Å². The summed E-state index contributed by atoms with van der Waals surface area (Å²) in [5.41, 5.74) is 4.77. The molecule has 0 bridgehead atoms. The zero-order chi connectivity index (χ0) is 10.1. The highest BCUT2D eigenvalue weighted by atomic mass is 79.9. The third kappa shape index (κ3) is 1.55. The second kappa shape index (κ2) is 3.70. The lowest BCUT2D eigenvalue weighted by atomic mass is 10.1. The van der Waals surface area contributed by atoms with Gasteiger partial charge in [-0.05, 0) is 31.0 Å². The van der Waals surface area contributed by atoms with Crippen LogP contribution in [0.2, 0.25) is 0 Å². The number of hydrogen-bond acceptors (Lipinski definition) is 1. The minimum absolute atomic E-state index is 0.885. The molecule has 0 spiro atoms. The second-order valence-corrected chi connectivity index (χ2v) is 4.09. The summed E-state index contributed by atoms with van der Waals surface area (Å²) < 4.78 is 0. The molecule has 0 unspecified atom stereocenters. The number of nitrogens with zero attached hydrogens (tertiary/aromatic N) is 1. The van der Waals surface area contributed by atoms with E-state index in [-0.39, 0.29) is 0 Å². The lowest BCUT2D eigenvalue weighted by Crippen LogP contribution is -1.91. The van der Waals surface area contributed by atoms with Crippen LogP contribution in [0.25, 0.3) is 10.9 Å². The van der Waals surface area contributed by atoms with Crippen molar-refractivity contribution in [2.24, 2.45) is 0 Å². The Kier molecular flexibility index (Phi) is 2.55. The summed E-state index contributed by atoms with van der Waals surface area (Å²) in [4.78, 5) is 4.56. The third-order valence-corrected chi connectivity index (χ3v) is 3.00. The van der Waals surface area contributed by atoms with E-state index < -0.39 is 0 Å². The molecule has 0 radical (unpaired) electrons. The first-order valence-electron chi connectivity index (χ1n) is 4.64. The smallest absolute Gasteiger partial charge is 0.0737 e. The van der Waals surface area contributed by atoms with Gasteiger partial charge >= 0.3 is 0 Å². The zero-order valence-electron chi connectivity index (χ0n) is 8.34. The van der Waals surface area contributed by atoms with Crippen molar-refractivity contribution in [2.75, 3.05) is 0 Å². The van der Waals surface area contributed by atoms with E-state index in [1.807, 2.05) is 6.92 Å². The SMILES string of the molecule is Cc1cc(CBr)c2cccc(C)c2n1. The van der Waals surface area contributed by atoms with Gasteiger partial charge in [0.2, 0.25) is 0 Å². The van der Waals surface area contributed by atoms with E-state index in [1.165, 1.54) is 16.5 Å². The summed E-state index contributed by atoms with van der Waals surface area (Å²) >= 11 is 3.51. The molecule has 0 atom stereocenters. The lowest BCUT2D eigenvalue weighted by Gasteiger charge is -2.06. The summed E-state index contributed by atoms with van der Waals surface area (Å²) in [6.45, 7) is 4.14. The number of para-hydroxylation sites is 1. The van der Waals surface area contributed by atoms with Crippen LogP contribution in [-0.4, -0.2) is 4.98 Å². The van der Waals surface area contributed by atoms with Gasteiger partial charge in [0.25, 0.3) is 0 Å². The monoisotopic (exact) mass is 249 g/mol. The predicted octanol–water partition coefficient (Wildman–Crippen LogP) is 3.75. The molecule has 0 aliphatic carbocycles. The molecule has 2 rings (SSSR count). The molecule has 0 fully saturated rings. The third-order valence-electron chi connectivity index (χ3n) is 2.40. The molecule has 14 heavy (non-hydrogen) atoms. The normalized spacial score (nSPS) is 10.8. The molecule has 0 amide bonds. The molecule has 0 aliphatic rings. The number of fused-ring (bicyclic) bond motifs is 1. The van der Waals surface area contributed by atoms with Gasteiger partial charge in [-0.15, -0.1) is 0 Å². The van der Waals surface area contributed by atoms with Crippen LogP contribution in [0.3, 0.4) is 0 Å². The number of rotatable bonds is 1. The zero-order valence-corrected chi connectivity index (χ0v) is 9.93. The summed E-state index contributed by atoms with van der Waals surface area (Å²) in [5, 5.41) is 2.14. The van der Waals surface area contributed by atoms with Gasteiger partial charge < -0.3 is 0 Å². The number of hydrogen-bond donors (Lipinski definition) is 0. The topological polar surface area (TPSA) is 12.9 Å². The van der Waals surface area contributed by atoms with E-state index in [4.69, 9.17) is 0 Å². The van der Waals surface area contributed by atoms with Crippen molar-refractivity contribution in [1.82, 2.24) is 4.98 Å². The number of halogens is 1. The van der Waals surface area contributed by atoms with Crippen LogP contribution in [0.4, 0.5) is 0 Å². The highest BCUT2D eigenvalue weighted by Gasteiger charge is 2.04. The van der Waals surface area contributed by atoms with E-state index in [1.54, 1.807) is 0 Å². The van der Waals surface area contributed by atoms with Gasteiger partial charge in [0.15, 0.2) is 0 Å². The maximum absolute atomic E-state index is 4.56. The minimum Gasteiger partial charge on any atom is -0.253 e. The van der Waals surface area contributed by atoms with Crippen LogP contribution in [0.15, 0.2) is 24.3 Å². The van der Waals surface area contributed by atoms with Gasteiger partial charge in [0.1, 0.15) is 0 Å². The number of aromatic nitrogens is 1. The molecule has 72 valence electrons. The molecule has 1 heterocycles. The predicted molar refractivity (Wildman–Crippen MR) is 63.8 cm³/mol. The Hall–Kier alpha value is -0.890. The molecule has 1 aromatic heterocycles. The minimum atomic E-state index is 0.885. The highest BCUT2D eigenvalue weighted by Crippen LogP contribution is 2.22. The molecule has 1 nitrogen and oxygen atoms in total. The van der Waals surface area contributed by atoms with E-state index >= 15 is 0 Å². The molecule has 0 N–H and O–H groups in total. The van der Waals surface area contributed by atoms with Gasteiger partial charge in [-0.3, -0.25) is 4.98 Å². The van der Waals surface area contributed by atoms with Crippen molar-refractivity contribution in [3.63, 3.8) is 0 Å². The van der Waals surface area contributed by atoms with E-state index in [0.717, 1.165) is 16.5 Å². The molecule has 2 heteroatoms. The number of alkyl halides is 1. The fraction of sp³-hybridized carbons (Fsp3) is 0.250. The van der Waals surface area contributed by atoms with Gasteiger partial charge in [-0.1, -0.05) is 34.1 Å². The summed E-state index contributed by atoms with van der Waals surface area (Å²) in [6, 6.07) is 8.45. The summed E-state index contributed by atoms with van der Waals surface area (Å²) in [6.07, 6.45) is 0. The Bertz CT molecular complexity index is 477. The highest BCUT2D eigenvalue weighted by molar-refractivity contribution is 9.08. The van der Waals surface area contributed by atoms with Gasteiger partial charge in [0.05, 0.1) is 5.52 Å². The van der Waals surface area contributed by atoms with Crippen LogP contribution in [-0.2, 0) is 5.33 Å². The fourth-order valence-corrected chi connectivity index (χ4v) is 2.18. The van der Waals surface area contributed by atoms with Crippen molar-refractivity contribution in [1.29, 1.82) is 0 Å². The quantitative estimate of drug-likeness (QED) is 0.702. The molecule has 0 saturated carbocycles. The van der Waals surface area contributed by atoms with Gasteiger partial charge in [-0.25, -0.2) is 0 Å². The van der Waals surface area contributed by atoms with Crippen molar-refractivity contribution < 1.29 is 0 Å². The van der Waals surface area contributed by atoms with Crippen molar-refractivity contribution in [2.45, 2.75) is 19.2 Å². The summed E-state index contributed by atoms with van der Waals surface area (Å²) in [7, 11) is 0. The average Bonchev–Trinajstić information content (AvgIpc) is 2.18. The standard InChI is InChI=1S/C12H12BrN/c1-8-4-3-5-11-10(7-13)6-9(2)14-12(8)11/h3-6H,7H2,1-2H3. The van der Waals surface area contributed by atoms with Crippen molar-refractivity contribution in [3.05, 3.63) is 41.1 Å². The Morgan fingerprint density at radius 1 is 1.29 bits per heavy atom. The van der Waals surface area contributed by atoms with Gasteiger partial charge in [-0.2, -0.15) is 0 Å². The molecule has 1 aromatic carbocycles. The average molecular weight is 250 g/mol. The molecule has 0 aliphatic heterocycles. The maximum atomic E-state index is 4.56. The van der Waals surface area contributed by atoms with E-state index in [9.17, 15) is 0 Å². The molecule has 0 saturated heterocycles.